The van der Waals surface area contributed by atoms with Crippen LogP contribution in [-0.4, -0.2) is 23.3 Å². The summed E-state index contributed by atoms with van der Waals surface area (Å²) in [5, 5.41) is 8.02. The fraction of sp³-hybridized carbons (Fsp3) is 0.0769. The average Bonchev–Trinajstić information content (AvgIpc) is 3.22. The van der Waals surface area contributed by atoms with Crippen LogP contribution < -0.4 is 15.4 Å². The molecule has 2 amide bonds. The number of aromatic nitrogens is 1. The Kier molecular flexibility index (Phi) is 6.01. The van der Waals surface area contributed by atoms with Gasteiger partial charge in [-0.25, -0.2) is 0 Å². The van der Waals surface area contributed by atoms with E-state index in [-0.39, 0.29) is 11.7 Å². The molecule has 2 heterocycles. The Labute approximate surface area is 205 Å². The maximum absolute atomic E-state index is 12.7. The third-order valence-electron chi connectivity index (χ3n) is 5.51. The molecule has 0 atom stereocenters. The first-order valence-electron chi connectivity index (χ1n) is 10.6. The number of hydrogen-bond donors (Lipinski definition) is 3. The smallest absolute Gasteiger partial charge is 0.291 e. The summed E-state index contributed by atoms with van der Waals surface area (Å²) in [4.78, 5) is 28.4. The lowest BCUT2D eigenvalue weighted by molar-refractivity contribution is -0.115. The Balaban J connectivity index is 1.25. The van der Waals surface area contributed by atoms with Crippen molar-refractivity contribution < 1.29 is 14.3 Å². The first-order chi connectivity index (χ1) is 16.5. The molecular weight excluding hydrogens is 473 g/mol. The van der Waals surface area contributed by atoms with Crippen LogP contribution in [0.25, 0.3) is 17.0 Å². The summed E-state index contributed by atoms with van der Waals surface area (Å²) in [6.07, 6.45) is 4.21. The number of hydrogen-bond acceptors (Lipinski definition) is 3. The molecule has 0 saturated carbocycles. The number of amides is 2. The van der Waals surface area contributed by atoms with Gasteiger partial charge in [-0.05, 0) is 72.2 Å². The monoisotopic (exact) mass is 491 g/mol. The molecule has 1 aliphatic heterocycles. The third-order valence-corrected chi connectivity index (χ3v) is 6.00. The molecule has 0 spiro atoms. The van der Waals surface area contributed by atoms with Gasteiger partial charge in [-0.2, -0.15) is 0 Å². The minimum atomic E-state index is -0.391. The number of H-pyrrole nitrogens is 1. The van der Waals surface area contributed by atoms with Gasteiger partial charge < -0.3 is 20.4 Å². The summed E-state index contributed by atoms with van der Waals surface area (Å²) in [6, 6.07) is 17.7. The van der Waals surface area contributed by atoms with Gasteiger partial charge in [0.15, 0.2) is 11.5 Å². The van der Waals surface area contributed by atoms with Crippen molar-refractivity contribution in [1.29, 1.82) is 0 Å². The molecule has 1 aliphatic rings. The van der Waals surface area contributed by atoms with Gasteiger partial charge in [0.05, 0.1) is 5.69 Å². The van der Waals surface area contributed by atoms with E-state index in [9.17, 15) is 9.59 Å². The largest absolute Gasteiger partial charge is 0.449 e. The molecule has 3 N–H and O–H groups in total. The molecule has 0 unspecified atom stereocenters. The first kappa shape index (κ1) is 22.1. The summed E-state index contributed by atoms with van der Waals surface area (Å²) >= 11 is 12.0. The van der Waals surface area contributed by atoms with Gasteiger partial charge in [-0.3, -0.25) is 9.59 Å². The van der Waals surface area contributed by atoms with Crippen molar-refractivity contribution in [2.75, 3.05) is 11.9 Å². The normalized spacial score (nSPS) is 13.9. The van der Waals surface area contributed by atoms with Crippen LogP contribution in [0.5, 0.6) is 5.75 Å². The number of aromatic amines is 1. The molecule has 1 aromatic heterocycles. The lowest BCUT2D eigenvalue weighted by Gasteiger charge is -2.20. The molecule has 0 fully saturated rings. The zero-order valence-corrected chi connectivity index (χ0v) is 19.3. The number of fused-ring (bicyclic) bond motifs is 2. The second kappa shape index (κ2) is 9.25. The van der Waals surface area contributed by atoms with Crippen molar-refractivity contribution in [2.24, 2.45) is 0 Å². The Morgan fingerprint density at radius 3 is 2.62 bits per heavy atom. The van der Waals surface area contributed by atoms with E-state index in [1.54, 1.807) is 48.5 Å². The third kappa shape index (κ3) is 4.64. The van der Waals surface area contributed by atoms with Crippen molar-refractivity contribution in [3.8, 4) is 5.75 Å². The molecule has 170 valence electrons. The van der Waals surface area contributed by atoms with Gasteiger partial charge in [0.1, 0.15) is 0 Å². The molecule has 34 heavy (non-hydrogen) atoms. The van der Waals surface area contributed by atoms with Crippen LogP contribution in [0.3, 0.4) is 0 Å². The van der Waals surface area contributed by atoms with E-state index < -0.39 is 5.91 Å². The van der Waals surface area contributed by atoms with Crippen LogP contribution in [0.15, 0.2) is 72.6 Å². The Morgan fingerprint density at radius 2 is 1.79 bits per heavy atom. The van der Waals surface area contributed by atoms with E-state index in [1.165, 1.54) is 0 Å². The summed E-state index contributed by atoms with van der Waals surface area (Å²) in [5.74, 6) is -0.00618. The van der Waals surface area contributed by atoms with Crippen molar-refractivity contribution in [3.05, 3.63) is 99.4 Å². The molecule has 8 heteroatoms. The van der Waals surface area contributed by atoms with Crippen molar-refractivity contribution in [1.82, 2.24) is 10.3 Å². The highest BCUT2D eigenvalue weighted by Gasteiger charge is 2.23. The predicted octanol–water partition coefficient (Wildman–Crippen LogP) is 5.82. The number of nitrogens with one attached hydrogen (secondary N) is 3. The molecule has 6 nitrogen and oxygen atoms in total. The highest BCUT2D eigenvalue weighted by Crippen LogP contribution is 2.32. The highest BCUT2D eigenvalue weighted by molar-refractivity contribution is 6.31. The van der Waals surface area contributed by atoms with Gasteiger partial charge in [0.2, 0.25) is 0 Å². The number of rotatable bonds is 5. The van der Waals surface area contributed by atoms with Crippen molar-refractivity contribution in [2.45, 2.75) is 6.42 Å². The van der Waals surface area contributed by atoms with E-state index in [0.717, 1.165) is 22.0 Å². The molecule has 0 aliphatic carbocycles. The maximum atomic E-state index is 12.7. The molecule has 0 saturated heterocycles. The Bertz CT molecular complexity index is 1440. The van der Waals surface area contributed by atoms with Gasteiger partial charge in [0, 0.05) is 39.3 Å². The zero-order valence-electron chi connectivity index (χ0n) is 17.8. The van der Waals surface area contributed by atoms with Crippen LogP contribution in [0.2, 0.25) is 10.0 Å². The van der Waals surface area contributed by atoms with E-state index in [0.29, 0.717) is 40.0 Å². The minimum Gasteiger partial charge on any atom is -0.449 e. The minimum absolute atomic E-state index is 0.158. The van der Waals surface area contributed by atoms with Crippen molar-refractivity contribution >= 4 is 57.7 Å². The SMILES string of the molecule is O=C1Nc2cc(C(=O)NCCc3c[nH]c4ccc(Cl)cc34)ccc2O/C1=C\c1ccc(Cl)cc1. The summed E-state index contributed by atoms with van der Waals surface area (Å²) in [5.41, 5.74) is 3.72. The van der Waals surface area contributed by atoms with Gasteiger partial charge >= 0.3 is 0 Å². The van der Waals surface area contributed by atoms with Gasteiger partial charge in [-0.15, -0.1) is 0 Å². The van der Waals surface area contributed by atoms with Crippen LogP contribution in [-0.2, 0) is 11.2 Å². The number of ether oxygens (including phenoxy) is 1. The number of halogens is 2. The first-order valence-corrected chi connectivity index (χ1v) is 11.4. The van der Waals surface area contributed by atoms with E-state index >= 15 is 0 Å². The zero-order chi connectivity index (χ0) is 23.7. The van der Waals surface area contributed by atoms with Crippen LogP contribution in [0, 0.1) is 0 Å². The lowest BCUT2D eigenvalue weighted by Crippen LogP contribution is -2.27. The standard InChI is InChI=1S/C26H19Cl2N3O3/c27-18-4-1-15(2-5-18)11-24-26(33)31-22-12-16(3-8-23(22)34-24)25(32)29-10-9-17-14-30-21-7-6-19(28)13-20(17)21/h1-8,11-14,30H,9-10H2,(H,29,32)(H,31,33)/b24-11-. The topological polar surface area (TPSA) is 83.2 Å². The Morgan fingerprint density at radius 1 is 1.00 bits per heavy atom. The van der Waals surface area contributed by atoms with Crippen LogP contribution in [0.4, 0.5) is 5.69 Å². The summed E-state index contributed by atoms with van der Waals surface area (Å²) in [7, 11) is 0. The molecule has 5 rings (SSSR count). The molecule has 0 bridgehead atoms. The van der Waals surface area contributed by atoms with Gasteiger partial charge in [0.25, 0.3) is 11.8 Å². The Hall–Kier alpha value is -3.74. The fourth-order valence-electron chi connectivity index (χ4n) is 3.78. The number of carbonyl (C=O) groups is 2. The second-order valence-electron chi connectivity index (χ2n) is 7.84. The molecular formula is C26H19Cl2N3O3. The number of benzene rings is 3. The predicted molar refractivity (Wildman–Crippen MR) is 134 cm³/mol. The quantitative estimate of drug-likeness (QED) is 0.307. The number of carbonyl (C=O) groups excluding carboxylic acids is 2. The van der Waals surface area contributed by atoms with Gasteiger partial charge in [-0.1, -0.05) is 35.3 Å². The highest BCUT2D eigenvalue weighted by atomic mass is 35.5. The summed E-state index contributed by atoms with van der Waals surface area (Å²) < 4.78 is 5.76. The molecule has 4 aromatic rings. The van der Waals surface area contributed by atoms with Crippen LogP contribution >= 0.6 is 23.2 Å². The maximum Gasteiger partial charge on any atom is 0.291 e. The second-order valence-corrected chi connectivity index (χ2v) is 8.71. The fourth-order valence-corrected chi connectivity index (χ4v) is 4.08. The van der Waals surface area contributed by atoms with E-state index in [2.05, 4.69) is 15.6 Å². The lowest BCUT2D eigenvalue weighted by atomic mass is 10.1. The molecule has 0 radical (unpaired) electrons. The average molecular weight is 492 g/mol. The summed E-state index contributed by atoms with van der Waals surface area (Å²) in [6.45, 7) is 0.451. The van der Waals surface area contributed by atoms with Crippen LogP contribution in [0.1, 0.15) is 21.5 Å². The van der Waals surface area contributed by atoms with E-state index in [4.69, 9.17) is 27.9 Å². The molecule has 3 aromatic carbocycles. The van der Waals surface area contributed by atoms with Crippen molar-refractivity contribution in [3.63, 3.8) is 0 Å². The van der Waals surface area contributed by atoms with E-state index in [1.807, 2.05) is 24.4 Å². The number of anilines is 1.